The van der Waals surface area contributed by atoms with Crippen LogP contribution in [0.4, 0.5) is 0 Å². The lowest BCUT2D eigenvalue weighted by molar-refractivity contribution is -0.142. The molecule has 84 valence electrons. The van der Waals surface area contributed by atoms with Gasteiger partial charge in [0.15, 0.2) is 0 Å². The zero-order valence-electron chi connectivity index (χ0n) is 8.66. The Morgan fingerprint density at radius 1 is 1.62 bits per heavy atom. The largest absolute Gasteiger partial charge is 0.508 e. The van der Waals surface area contributed by atoms with Gasteiger partial charge in [-0.2, -0.15) is 5.26 Å². The van der Waals surface area contributed by atoms with Crippen LogP contribution in [-0.2, 0) is 16.0 Å². The van der Waals surface area contributed by atoms with Gasteiger partial charge in [-0.1, -0.05) is 0 Å². The molecule has 0 saturated heterocycles. The van der Waals surface area contributed by atoms with E-state index in [9.17, 15) is 9.90 Å². The summed E-state index contributed by atoms with van der Waals surface area (Å²) >= 11 is 1.98. The summed E-state index contributed by atoms with van der Waals surface area (Å²) in [6.45, 7) is 2.04. The van der Waals surface area contributed by atoms with Crippen molar-refractivity contribution in [2.45, 2.75) is 13.3 Å². The number of phenols is 1. The fourth-order valence-electron chi connectivity index (χ4n) is 1.22. The van der Waals surface area contributed by atoms with E-state index in [1.165, 1.54) is 6.07 Å². The lowest BCUT2D eigenvalue weighted by Crippen LogP contribution is -2.08. The number of aromatic hydroxyl groups is 1. The molecule has 0 spiro atoms. The van der Waals surface area contributed by atoms with E-state index < -0.39 is 0 Å². The van der Waals surface area contributed by atoms with Gasteiger partial charge in [0.1, 0.15) is 5.75 Å². The number of hydrogen-bond donors (Lipinski definition) is 1. The average molecular weight is 331 g/mol. The summed E-state index contributed by atoms with van der Waals surface area (Å²) < 4.78 is 5.48. The van der Waals surface area contributed by atoms with Crippen molar-refractivity contribution < 1.29 is 14.6 Å². The van der Waals surface area contributed by atoms with Crippen LogP contribution in [0.1, 0.15) is 18.1 Å². The number of esters is 1. The van der Waals surface area contributed by atoms with E-state index in [4.69, 9.17) is 10.00 Å². The standard InChI is InChI=1S/C11H10INO3/c1-2-16-11(15)5-8-9(12)3-7(6-13)4-10(8)14/h3-4,14H,2,5H2,1H3. The fourth-order valence-corrected chi connectivity index (χ4v) is 2.02. The smallest absolute Gasteiger partial charge is 0.310 e. The zero-order chi connectivity index (χ0) is 12.1. The van der Waals surface area contributed by atoms with Gasteiger partial charge < -0.3 is 9.84 Å². The maximum absolute atomic E-state index is 11.3. The number of benzene rings is 1. The zero-order valence-corrected chi connectivity index (χ0v) is 10.8. The van der Waals surface area contributed by atoms with Crippen LogP contribution < -0.4 is 0 Å². The quantitative estimate of drug-likeness (QED) is 0.679. The van der Waals surface area contributed by atoms with Crippen LogP contribution in [-0.4, -0.2) is 17.7 Å². The average Bonchev–Trinajstić information content (AvgIpc) is 2.23. The normalized spacial score (nSPS) is 9.56. The summed E-state index contributed by atoms with van der Waals surface area (Å²) in [5, 5.41) is 18.3. The molecule has 1 aromatic carbocycles. The minimum atomic E-state index is -0.388. The van der Waals surface area contributed by atoms with Gasteiger partial charge in [-0.15, -0.1) is 0 Å². The highest BCUT2D eigenvalue weighted by Gasteiger charge is 2.13. The third-order valence-electron chi connectivity index (χ3n) is 1.93. The Hall–Kier alpha value is -1.29. The van der Waals surface area contributed by atoms with Crippen molar-refractivity contribution in [1.82, 2.24) is 0 Å². The maximum Gasteiger partial charge on any atom is 0.310 e. The number of hydrogen-bond acceptors (Lipinski definition) is 4. The summed E-state index contributed by atoms with van der Waals surface area (Å²) in [6, 6.07) is 4.90. The topological polar surface area (TPSA) is 70.3 Å². The molecule has 0 aliphatic heterocycles. The van der Waals surface area contributed by atoms with Crippen molar-refractivity contribution in [1.29, 1.82) is 5.26 Å². The molecule has 1 aromatic rings. The number of nitriles is 1. The molecule has 0 radical (unpaired) electrons. The minimum Gasteiger partial charge on any atom is -0.508 e. The monoisotopic (exact) mass is 331 g/mol. The van der Waals surface area contributed by atoms with E-state index in [1.54, 1.807) is 13.0 Å². The molecule has 1 N–H and O–H groups in total. The first-order chi connectivity index (χ1) is 7.58. The van der Waals surface area contributed by atoms with Gasteiger partial charge in [-0.05, 0) is 41.6 Å². The Morgan fingerprint density at radius 3 is 2.81 bits per heavy atom. The Kier molecular flexibility index (Phi) is 4.55. The number of halogens is 1. The molecule has 0 bridgehead atoms. The van der Waals surface area contributed by atoms with Gasteiger partial charge in [0.25, 0.3) is 0 Å². The molecule has 4 nitrogen and oxygen atoms in total. The Labute approximate surface area is 107 Å². The highest BCUT2D eigenvalue weighted by atomic mass is 127. The molecule has 0 amide bonds. The summed E-state index contributed by atoms with van der Waals surface area (Å²) in [7, 11) is 0. The molecular formula is C11H10INO3. The number of carbonyl (C=O) groups is 1. The van der Waals surface area contributed by atoms with Gasteiger partial charge in [-0.3, -0.25) is 4.79 Å². The van der Waals surface area contributed by atoms with Crippen LogP contribution in [0.5, 0.6) is 5.75 Å². The van der Waals surface area contributed by atoms with Crippen LogP contribution in [0.3, 0.4) is 0 Å². The van der Waals surface area contributed by atoms with E-state index in [-0.39, 0.29) is 18.1 Å². The van der Waals surface area contributed by atoms with E-state index in [0.29, 0.717) is 21.3 Å². The van der Waals surface area contributed by atoms with Crippen molar-refractivity contribution in [3.05, 3.63) is 26.8 Å². The summed E-state index contributed by atoms with van der Waals surface area (Å²) in [4.78, 5) is 11.3. The van der Waals surface area contributed by atoms with Crippen LogP contribution >= 0.6 is 22.6 Å². The first-order valence-corrected chi connectivity index (χ1v) is 5.73. The third-order valence-corrected chi connectivity index (χ3v) is 2.89. The molecule has 0 heterocycles. The predicted octanol–water partition coefficient (Wildman–Crippen LogP) is 1.97. The Bertz CT molecular complexity index is 428. The maximum atomic E-state index is 11.3. The van der Waals surface area contributed by atoms with E-state index >= 15 is 0 Å². The SMILES string of the molecule is CCOC(=O)Cc1c(O)cc(C#N)cc1I. The molecule has 1 rings (SSSR count). The van der Waals surface area contributed by atoms with Crippen molar-refractivity contribution in [3.63, 3.8) is 0 Å². The lowest BCUT2D eigenvalue weighted by Gasteiger charge is -2.07. The van der Waals surface area contributed by atoms with Crippen molar-refractivity contribution in [3.8, 4) is 11.8 Å². The molecule has 0 aromatic heterocycles. The van der Waals surface area contributed by atoms with Gasteiger partial charge in [0.05, 0.1) is 24.7 Å². The molecule has 0 aliphatic carbocycles. The first-order valence-electron chi connectivity index (χ1n) is 4.65. The van der Waals surface area contributed by atoms with Gasteiger partial charge >= 0.3 is 5.97 Å². The minimum absolute atomic E-state index is 0.0175. The van der Waals surface area contributed by atoms with Crippen LogP contribution in [0.25, 0.3) is 0 Å². The molecule has 0 aliphatic rings. The van der Waals surface area contributed by atoms with E-state index in [0.717, 1.165) is 0 Å². The highest BCUT2D eigenvalue weighted by molar-refractivity contribution is 14.1. The van der Waals surface area contributed by atoms with Crippen molar-refractivity contribution in [2.24, 2.45) is 0 Å². The van der Waals surface area contributed by atoms with Crippen LogP contribution in [0, 0.1) is 14.9 Å². The van der Waals surface area contributed by atoms with Gasteiger partial charge in [0.2, 0.25) is 0 Å². The van der Waals surface area contributed by atoms with Crippen LogP contribution in [0.2, 0.25) is 0 Å². The molecule has 16 heavy (non-hydrogen) atoms. The van der Waals surface area contributed by atoms with Gasteiger partial charge in [0, 0.05) is 9.13 Å². The summed E-state index contributed by atoms with van der Waals surface area (Å²) in [5.74, 6) is -0.433. The summed E-state index contributed by atoms with van der Waals surface area (Å²) in [6.07, 6.45) is 0.0175. The van der Waals surface area contributed by atoms with Gasteiger partial charge in [-0.25, -0.2) is 0 Å². The molecule has 5 heteroatoms. The van der Waals surface area contributed by atoms with Crippen molar-refractivity contribution in [2.75, 3.05) is 6.61 Å². The molecule has 0 unspecified atom stereocenters. The molecule has 0 saturated carbocycles. The second kappa shape index (κ2) is 5.70. The Balaban J connectivity index is 2.98. The lowest BCUT2D eigenvalue weighted by atomic mass is 10.1. The number of ether oxygens (including phenoxy) is 1. The summed E-state index contributed by atoms with van der Waals surface area (Å²) in [5.41, 5.74) is 0.868. The number of nitrogens with zero attached hydrogens (tertiary/aromatic N) is 1. The predicted molar refractivity (Wildman–Crippen MR) is 65.9 cm³/mol. The van der Waals surface area contributed by atoms with E-state index in [1.807, 2.05) is 28.7 Å². The highest BCUT2D eigenvalue weighted by Crippen LogP contribution is 2.25. The molecular weight excluding hydrogens is 321 g/mol. The second-order valence-corrected chi connectivity index (χ2v) is 4.21. The number of rotatable bonds is 3. The molecule has 0 fully saturated rings. The van der Waals surface area contributed by atoms with Crippen molar-refractivity contribution >= 4 is 28.6 Å². The second-order valence-electron chi connectivity index (χ2n) is 3.05. The first kappa shape index (κ1) is 12.8. The fraction of sp³-hybridized carbons (Fsp3) is 0.273. The van der Waals surface area contributed by atoms with Crippen LogP contribution in [0.15, 0.2) is 12.1 Å². The number of phenolic OH excluding ortho intramolecular Hbond substituents is 1. The third kappa shape index (κ3) is 3.10. The Morgan fingerprint density at radius 2 is 2.31 bits per heavy atom. The number of carbonyl (C=O) groups excluding carboxylic acids is 1. The molecule has 0 atom stereocenters. The van der Waals surface area contributed by atoms with E-state index in [2.05, 4.69) is 0 Å².